The van der Waals surface area contributed by atoms with Gasteiger partial charge >= 0.3 is 0 Å². The molecule has 1 N–H and O–H groups in total. The lowest BCUT2D eigenvalue weighted by Gasteiger charge is -2.11. The van der Waals surface area contributed by atoms with Crippen molar-refractivity contribution in [2.75, 3.05) is 12.4 Å². The van der Waals surface area contributed by atoms with Crippen LogP contribution in [-0.4, -0.2) is 26.8 Å². The Morgan fingerprint density at radius 1 is 1.16 bits per heavy atom. The molecule has 5 nitrogen and oxygen atoms in total. The molecule has 102 valence electrons. The van der Waals surface area contributed by atoms with Crippen LogP contribution in [-0.2, 0) is 0 Å². The molecule has 19 heavy (non-hydrogen) atoms. The fourth-order valence-electron chi connectivity index (χ4n) is 1.89. The monoisotopic (exact) mass is 259 g/mol. The molecule has 2 aromatic rings. The Morgan fingerprint density at radius 2 is 1.84 bits per heavy atom. The van der Waals surface area contributed by atoms with Crippen molar-refractivity contribution >= 4 is 5.82 Å². The molecule has 0 unspecified atom stereocenters. The van der Waals surface area contributed by atoms with Gasteiger partial charge in [0.25, 0.3) is 0 Å². The molecule has 2 aromatic heterocycles. The molecule has 0 saturated heterocycles. The van der Waals surface area contributed by atoms with Gasteiger partial charge in [-0.1, -0.05) is 13.8 Å². The van der Waals surface area contributed by atoms with Crippen LogP contribution in [0.15, 0.2) is 6.07 Å². The van der Waals surface area contributed by atoms with Crippen molar-refractivity contribution < 1.29 is 0 Å². The Balaban J connectivity index is 2.61. The molecule has 0 aliphatic carbocycles. The second-order valence-corrected chi connectivity index (χ2v) is 5.08. The summed E-state index contributed by atoms with van der Waals surface area (Å²) in [6.45, 7) is 10.3. The fourth-order valence-corrected chi connectivity index (χ4v) is 1.89. The van der Waals surface area contributed by atoms with Gasteiger partial charge < -0.3 is 5.32 Å². The van der Waals surface area contributed by atoms with E-state index in [1.807, 2.05) is 24.7 Å². The molecule has 0 atom stereocenters. The van der Waals surface area contributed by atoms with E-state index in [-0.39, 0.29) is 5.92 Å². The summed E-state index contributed by atoms with van der Waals surface area (Å²) >= 11 is 0. The second kappa shape index (κ2) is 4.99. The molecule has 5 heteroatoms. The molecule has 0 aromatic carbocycles. The highest BCUT2D eigenvalue weighted by molar-refractivity contribution is 5.43. The minimum atomic E-state index is 0.283. The summed E-state index contributed by atoms with van der Waals surface area (Å²) < 4.78 is 1.89. The summed E-state index contributed by atoms with van der Waals surface area (Å²) in [5.74, 6) is 2.74. The van der Waals surface area contributed by atoms with E-state index in [1.165, 1.54) is 5.56 Å². The molecule has 0 amide bonds. The van der Waals surface area contributed by atoms with Crippen molar-refractivity contribution in [3.63, 3.8) is 0 Å². The van der Waals surface area contributed by atoms with E-state index in [1.54, 1.807) is 0 Å². The first-order valence-electron chi connectivity index (χ1n) is 6.54. The molecule has 0 saturated carbocycles. The van der Waals surface area contributed by atoms with Crippen molar-refractivity contribution in [3.8, 4) is 5.82 Å². The Kier molecular flexibility index (Phi) is 3.55. The van der Waals surface area contributed by atoms with Crippen LogP contribution < -0.4 is 5.32 Å². The summed E-state index contributed by atoms with van der Waals surface area (Å²) in [6, 6.07) is 1.92. The zero-order valence-electron chi connectivity index (χ0n) is 12.4. The first-order valence-corrected chi connectivity index (χ1v) is 6.54. The Bertz CT molecular complexity index is 598. The zero-order valence-corrected chi connectivity index (χ0v) is 12.4. The number of anilines is 1. The van der Waals surface area contributed by atoms with Gasteiger partial charge in [0.1, 0.15) is 11.6 Å². The number of hydrogen-bond donors (Lipinski definition) is 1. The maximum Gasteiger partial charge on any atom is 0.159 e. The van der Waals surface area contributed by atoms with E-state index in [0.29, 0.717) is 0 Å². The summed E-state index contributed by atoms with van der Waals surface area (Å²) in [5, 5.41) is 7.64. The minimum Gasteiger partial charge on any atom is -0.373 e. The van der Waals surface area contributed by atoms with Crippen molar-refractivity contribution in [1.82, 2.24) is 19.7 Å². The van der Waals surface area contributed by atoms with Crippen LogP contribution in [0.25, 0.3) is 5.82 Å². The molecule has 0 bridgehead atoms. The van der Waals surface area contributed by atoms with E-state index in [0.717, 1.165) is 28.8 Å². The van der Waals surface area contributed by atoms with Gasteiger partial charge in [0.2, 0.25) is 0 Å². The van der Waals surface area contributed by atoms with Gasteiger partial charge in [-0.15, -0.1) is 0 Å². The van der Waals surface area contributed by atoms with Gasteiger partial charge in [-0.2, -0.15) is 5.10 Å². The topological polar surface area (TPSA) is 55.6 Å². The van der Waals surface area contributed by atoms with E-state index in [9.17, 15) is 0 Å². The van der Waals surface area contributed by atoms with E-state index >= 15 is 0 Å². The molecular weight excluding hydrogens is 238 g/mol. The van der Waals surface area contributed by atoms with Crippen molar-refractivity contribution in [1.29, 1.82) is 0 Å². The first-order chi connectivity index (χ1) is 8.93. The molecule has 2 heterocycles. The Hall–Kier alpha value is -1.91. The normalized spacial score (nSPS) is 11.1. The molecule has 2 rings (SSSR count). The van der Waals surface area contributed by atoms with Crippen LogP contribution in [0, 0.1) is 20.8 Å². The smallest absolute Gasteiger partial charge is 0.159 e. The standard InChI is InChI=1S/C14H21N5/c1-8(2)14-16-12(15-6)7-13(17-14)19-11(5)9(3)10(4)18-19/h7-8H,1-6H3,(H,15,16,17). The van der Waals surface area contributed by atoms with Gasteiger partial charge in [0.05, 0.1) is 5.69 Å². The lowest BCUT2D eigenvalue weighted by molar-refractivity contribution is 0.737. The van der Waals surface area contributed by atoms with Crippen LogP contribution >= 0.6 is 0 Å². The number of aryl methyl sites for hydroxylation is 1. The first kappa shape index (κ1) is 13.5. The molecule has 0 radical (unpaired) electrons. The predicted octanol–water partition coefficient (Wildman–Crippen LogP) is 2.75. The average Bonchev–Trinajstić information content (AvgIpc) is 2.66. The quantitative estimate of drug-likeness (QED) is 0.921. The summed E-state index contributed by atoms with van der Waals surface area (Å²) in [6.07, 6.45) is 0. The van der Waals surface area contributed by atoms with E-state index in [4.69, 9.17) is 0 Å². The Morgan fingerprint density at radius 3 is 2.32 bits per heavy atom. The molecule has 0 aliphatic heterocycles. The number of nitrogens with one attached hydrogen (secondary N) is 1. The van der Waals surface area contributed by atoms with E-state index < -0.39 is 0 Å². The number of nitrogens with zero attached hydrogens (tertiary/aromatic N) is 4. The van der Waals surface area contributed by atoms with Gasteiger partial charge in [-0.3, -0.25) is 0 Å². The van der Waals surface area contributed by atoms with Crippen molar-refractivity contribution in [2.24, 2.45) is 0 Å². The molecule has 0 spiro atoms. The largest absolute Gasteiger partial charge is 0.373 e. The highest BCUT2D eigenvalue weighted by Gasteiger charge is 2.13. The van der Waals surface area contributed by atoms with E-state index in [2.05, 4.69) is 48.1 Å². The minimum absolute atomic E-state index is 0.283. The highest BCUT2D eigenvalue weighted by atomic mass is 15.3. The van der Waals surface area contributed by atoms with Crippen molar-refractivity contribution in [3.05, 3.63) is 28.8 Å². The van der Waals surface area contributed by atoms with Gasteiger partial charge in [-0.05, 0) is 26.3 Å². The maximum atomic E-state index is 4.62. The molecule has 0 aliphatic rings. The van der Waals surface area contributed by atoms with Gasteiger partial charge in [0, 0.05) is 24.7 Å². The van der Waals surface area contributed by atoms with Crippen LogP contribution in [0.1, 0.15) is 42.5 Å². The van der Waals surface area contributed by atoms with Crippen molar-refractivity contribution in [2.45, 2.75) is 40.5 Å². The Labute approximate surface area is 114 Å². The summed E-state index contributed by atoms with van der Waals surface area (Å²) in [7, 11) is 1.86. The molecule has 0 fully saturated rings. The average molecular weight is 259 g/mol. The highest BCUT2D eigenvalue weighted by Crippen LogP contribution is 2.19. The third-order valence-corrected chi connectivity index (χ3v) is 3.37. The molecular formula is C14H21N5. The van der Waals surface area contributed by atoms with Crippen LogP contribution in [0.2, 0.25) is 0 Å². The number of rotatable bonds is 3. The lowest BCUT2D eigenvalue weighted by atomic mass is 10.2. The van der Waals surface area contributed by atoms with Gasteiger partial charge in [-0.25, -0.2) is 14.6 Å². The third kappa shape index (κ3) is 2.45. The van der Waals surface area contributed by atoms with Gasteiger partial charge in [0.15, 0.2) is 5.82 Å². The summed E-state index contributed by atoms with van der Waals surface area (Å²) in [4.78, 5) is 9.09. The second-order valence-electron chi connectivity index (χ2n) is 5.08. The van der Waals surface area contributed by atoms with Crippen LogP contribution in [0.3, 0.4) is 0 Å². The third-order valence-electron chi connectivity index (χ3n) is 3.37. The summed E-state index contributed by atoms with van der Waals surface area (Å²) in [5.41, 5.74) is 3.36. The van der Waals surface area contributed by atoms with Crippen LogP contribution in [0.4, 0.5) is 5.82 Å². The SMILES string of the molecule is CNc1cc(-n2nc(C)c(C)c2C)nc(C(C)C)n1. The fraction of sp³-hybridized carbons (Fsp3) is 0.500. The number of hydrogen-bond acceptors (Lipinski definition) is 4. The predicted molar refractivity (Wildman–Crippen MR) is 77.0 cm³/mol. The van der Waals surface area contributed by atoms with Crippen LogP contribution in [0.5, 0.6) is 0 Å². The maximum absolute atomic E-state index is 4.62. The lowest BCUT2D eigenvalue weighted by Crippen LogP contribution is -2.09. The number of aromatic nitrogens is 4. The zero-order chi connectivity index (χ0) is 14.2.